The molecule has 0 saturated heterocycles. The van der Waals surface area contributed by atoms with Crippen molar-refractivity contribution < 1.29 is 14.5 Å². The van der Waals surface area contributed by atoms with Gasteiger partial charge in [-0.3, -0.25) is 19.8 Å². The molecule has 0 radical (unpaired) electrons. The number of methoxy groups -OCH3 is 1. The van der Waals surface area contributed by atoms with Gasteiger partial charge in [-0.05, 0) is 43.5 Å². The molecule has 0 spiro atoms. The van der Waals surface area contributed by atoms with Crippen molar-refractivity contribution in [3.63, 3.8) is 0 Å². The Morgan fingerprint density at radius 1 is 1.25 bits per heavy atom. The molecule has 1 fully saturated rings. The van der Waals surface area contributed by atoms with Crippen LogP contribution in [-0.4, -0.2) is 35.4 Å². The van der Waals surface area contributed by atoms with Crippen molar-refractivity contribution in [2.24, 2.45) is 0 Å². The number of amides is 1. The lowest BCUT2D eigenvalue weighted by atomic mass is 10.1. The van der Waals surface area contributed by atoms with E-state index in [9.17, 15) is 14.9 Å². The Bertz CT molecular complexity index is 847. The molecule has 1 aliphatic carbocycles. The van der Waals surface area contributed by atoms with E-state index in [1.54, 1.807) is 26.2 Å². The molecule has 2 aromatic carbocycles. The minimum atomic E-state index is -0.436. The van der Waals surface area contributed by atoms with Crippen molar-refractivity contribution in [1.29, 1.82) is 0 Å². The molecular weight excluding hydrogens is 358 g/mol. The van der Waals surface area contributed by atoms with Gasteiger partial charge in [0.05, 0.1) is 23.3 Å². The van der Waals surface area contributed by atoms with Crippen LogP contribution in [0.15, 0.2) is 42.5 Å². The lowest BCUT2D eigenvalue weighted by Crippen LogP contribution is -2.29. The van der Waals surface area contributed by atoms with Gasteiger partial charge < -0.3 is 10.1 Å². The molecule has 1 aliphatic rings. The summed E-state index contributed by atoms with van der Waals surface area (Å²) in [4.78, 5) is 25.3. The number of hydrogen-bond donors (Lipinski definition) is 1. The summed E-state index contributed by atoms with van der Waals surface area (Å²) in [6, 6.07) is 13.2. The van der Waals surface area contributed by atoms with Crippen LogP contribution in [0.4, 0.5) is 11.4 Å². The number of nitrogens with zero attached hydrogens (tertiary/aromatic N) is 2. The number of nitrogens with one attached hydrogen (secondary N) is 1. The van der Waals surface area contributed by atoms with Gasteiger partial charge >= 0.3 is 0 Å². The SMILES string of the molecule is COc1ccc(CN(CCC(=O)Nc2cccc([N+](=O)[O-])c2C)C2CC2)cc1. The summed E-state index contributed by atoms with van der Waals surface area (Å²) in [7, 11) is 1.65. The zero-order valence-corrected chi connectivity index (χ0v) is 16.2. The number of ether oxygens (including phenoxy) is 1. The summed E-state index contributed by atoms with van der Waals surface area (Å²) < 4.78 is 5.19. The molecule has 1 amide bonds. The number of rotatable bonds is 9. The quantitative estimate of drug-likeness (QED) is 0.524. The fourth-order valence-corrected chi connectivity index (χ4v) is 3.21. The zero-order chi connectivity index (χ0) is 20.1. The molecule has 0 heterocycles. The first-order valence-corrected chi connectivity index (χ1v) is 9.38. The van der Waals surface area contributed by atoms with Gasteiger partial charge in [-0.25, -0.2) is 0 Å². The molecule has 0 aromatic heterocycles. The molecule has 1 N–H and O–H groups in total. The fourth-order valence-electron chi connectivity index (χ4n) is 3.21. The van der Waals surface area contributed by atoms with E-state index in [0.29, 0.717) is 30.3 Å². The van der Waals surface area contributed by atoms with Crippen molar-refractivity contribution in [3.05, 3.63) is 63.7 Å². The summed E-state index contributed by atoms with van der Waals surface area (Å²) in [5, 5.41) is 13.9. The normalized spacial score (nSPS) is 13.4. The Morgan fingerprint density at radius 3 is 2.57 bits per heavy atom. The number of carbonyl (C=O) groups excluding carboxylic acids is 1. The van der Waals surface area contributed by atoms with Crippen molar-refractivity contribution in [3.8, 4) is 5.75 Å². The molecule has 2 aromatic rings. The van der Waals surface area contributed by atoms with Crippen LogP contribution in [0.1, 0.15) is 30.4 Å². The molecule has 28 heavy (non-hydrogen) atoms. The first-order chi connectivity index (χ1) is 13.5. The maximum atomic E-state index is 12.4. The summed E-state index contributed by atoms with van der Waals surface area (Å²) in [5.74, 6) is 0.692. The molecule has 0 bridgehead atoms. The van der Waals surface area contributed by atoms with E-state index in [1.165, 1.54) is 11.6 Å². The molecule has 0 unspecified atom stereocenters. The van der Waals surface area contributed by atoms with Crippen molar-refractivity contribution in [2.45, 2.75) is 38.8 Å². The van der Waals surface area contributed by atoms with Gasteiger partial charge in [0.1, 0.15) is 5.75 Å². The van der Waals surface area contributed by atoms with E-state index in [1.807, 2.05) is 24.3 Å². The van der Waals surface area contributed by atoms with Crippen molar-refractivity contribution >= 4 is 17.3 Å². The second-order valence-electron chi connectivity index (χ2n) is 7.05. The number of anilines is 1. The summed E-state index contributed by atoms with van der Waals surface area (Å²) in [6.07, 6.45) is 2.65. The zero-order valence-electron chi connectivity index (χ0n) is 16.2. The highest BCUT2D eigenvalue weighted by Crippen LogP contribution is 2.29. The van der Waals surface area contributed by atoms with Crippen LogP contribution in [0, 0.1) is 17.0 Å². The van der Waals surface area contributed by atoms with Crippen LogP contribution in [0.3, 0.4) is 0 Å². The smallest absolute Gasteiger partial charge is 0.274 e. The van der Waals surface area contributed by atoms with Gasteiger partial charge in [-0.1, -0.05) is 18.2 Å². The molecule has 3 rings (SSSR count). The second-order valence-corrected chi connectivity index (χ2v) is 7.05. The lowest BCUT2D eigenvalue weighted by Gasteiger charge is -2.22. The average Bonchev–Trinajstić information content (AvgIpc) is 3.52. The Balaban J connectivity index is 1.57. The number of hydrogen-bond acceptors (Lipinski definition) is 5. The second kappa shape index (κ2) is 8.84. The third-order valence-electron chi connectivity index (χ3n) is 5.01. The van der Waals surface area contributed by atoms with Crippen LogP contribution in [0.5, 0.6) is 5.75 Å². The van der Waals surface area contributed by atoms with Gasteiger partial charge in [0.25, 0.3) is 5.69 Å². The van der Waals surface area contributed by atoms with Gasteiger partial charge in [0.15, 0.2) is 0 Å². The highest BCUT2D eigenvalue weighted by molar-refractivity contribution is 5.92. The van der Waals surface area contributed by atoms with Gasteiger partial charge in [0, 0.05) is 31.6 Å². The van der Waals surface area contributed by atoms with Crippen LogP contribution >= 0.6 is 0 Å². The number of nitro groups is 1. The summed E-state index contributed by atoms with van der Waals surface area (Å²) in [5.41, 5.74) is 2.16. The van der Waals surface area contributed by atoms with Gasteiger partial charge in [0.2, 0.25) is 5.91 Å². The highest BCUT2D eigenvalue weighted by Gasteiger charge is 2.29. The van der Waals surface area contributed by atoms with Crippen molar-refractivity contribution in [1.82, 2.24) is 4.90 Å². The predicted octanol–water partition coefficient (Wildman–Crippen LogP) is 3.91. The molecule has 148 valence electrons. The average molecular weight is 383 g/mol. The Hall–Kier alpha value is -2.93. The number of carbonyl (C=O) groups is 1. The third-order valence-corrected chi connectivity index (χ3v) is 5.01. The van der Waals surface area contributed by atoms with Crippen LogP contribution < -0.4 is 10.1 Å². The summed E-state index contributed by atoms with van der Waals surface area (Å²) in [6.45, 7) is 3.09. The van der Waals surface area contributed by atoms with Crippen LogP contribution in [0.2, 0.25) is 0 Å². The molecular formula is C21H25N3O4. The largest absolute Gasteiger partial charge is 0.497 e. The first-order valence-electron chi connectivity index (χ1n) is 9.38. The minimum absolute atomic E-state index is 0.0110. The van der Waals surface area contributed by atoms with E-state index in [-0.39, 0.29) is 11.6 Å². The molecule has 7 nitrogen and oxygen atoms in total. The maximum Gasteiger partial charge on any atom is 0.274 e. The van der Waals surface area contributed by atoms with E-state index < -0.39 is 4.92 Å². The van der Waals surface area contributed by atoms with Gasteiger partial charge in [-0.15, -0.1) is 0 Å². The Morgan fingerprint density at radius 2 is 1.96 bits per heavy atom. The standard InChI is InChI=1S/C21H25N3O4/c1-15-19(4-3-5-20(15)24(26)27)22-21(25)12-13-23(17-8-9-17)14-16-6-10-18(28-2)11-7-16/h3-7,10-11,17H,8-9,12-14H2,1-2H3,(H,22,25). The lowest BCUT2D eigenvalue weighted by molar-refractivity contribution is -0.385. The molecule has 0 aliphatic heterocycles. The maximum absolute atomic E-state index is 12.4. The third kappa shape index (κ3) is 5.07. The first kappa shape index (κ1) is 19.8. The van der Waals surface area contributed by atoms with Gasteiger partial charge in [-0.2, -0.15) is 0 Å². The fraction of sp³-hybridized carbons (Fsp3) is 0.381. The predicted molar refractivity (Wildman–Crippen MR) is 108 cm³/mol. The van der Waals surface area contributed by atoms with E-state index >= 15 is 0 Å². The monoisotopic (exact) mass is 383 g/mol. The number of nitro benzene ring substituents is 1. The molecule has 7 heteroatoms. The minimum Gasteiger partial charge on any atom is -0.497 e. The van der Waals surface area contributed by atoms with Crippen LogP contribution in [0.25, 0.3) is 0 Å². The topological polar surface area (TPSA) is 84.7 Å². The van der Waals surface area contributed by atoms with Crippen molar-refractivity contribution in [2.75, 3.05) is 19.0 Å². The highest BCUT2D eigenvalue weighted by atomic mass is 16.6. The van der Waals surface area contributed by atoms with E-state index in [4.69, 9.17) is 4.74 Å². The number of benzene rings is 2. The van der Waals surface area contributed by atoms with E-state index in [2.05, 4.69) is 10.2 Å². The molecule has 0 atom stereocenters. The van der Waals surface area contributed by atoms with Crippen LogP contribution in [-0.2, 0) is 11.3 Å². The van der Waals surface area contributed by atoms with E-state index in [0.717, 1.165) is 25.1 Å². The summed E-state index contributed by atoms with van der Waals surface area (Å²) >= 11 is 0. The molecule has 1 saturated carbocycles. The Labute approximate surface area is 164 Å². The Kier molecular flexibility index (Phi) is 6.26.